The first-order chi connectivity index (χ1) is 9.28. The van der Waals surface area contributed by atoms with E-state index in [9.17, 15) is 4.79 Å². The fourth-order valence-electron chi connectivity index (χ4n) is 2.14. The Labute approximate surface area is 114 Å². The number of aryl methyl sites for hydroxylation is 1. The fourth-order valence-corrected chi connectivity index (χ4v) is 2.14. The SMILES string of the molecule is CCCCc1ccc(NC(=O)NC2CCOC2)cc1. The number of nitrogens with one attached hydrogen (secondary N) is 2. The van der Waals surface area contributed by atoms with Gasteiger partial charge in [0.05, 0.1) is 12.6 Å². The van der Waals surface area contributed by atoms with Crippen LogP contribution in [0.5, 0.6) is 0 Å². The normalized spacial score (nSPS) is 18.3. The molecule has 1 aliphatic heterocycles. The van der Waals surface area contributed by atoms with Crippen molar-refractivity contribution in [3.05, 3.63) is 29.8 Å². The lowest BCUT2D eigenvalue weighted by Gasteiger charge is -2.12. The first-order valence-electron chi connectivity index (χ1n) is 7.02. The maximum Gasteiger partial charge on any atom is 0.319 e. The molecule has 4 nitrogen and oxygen atoms in total. The number of carbonyl (C=O) groups is 1. The highest BCUT2D eigenvalue weighted by atomic mass is 16.5. The van der Waals surface area contributed by atoms with E-state index < -0.39 is 0 Å². The molecule has 1 aromatic rings. The first kappa shape index (κ1) is 13.9. The van der Waals surface area contributed by atoms with Gasteiger partial charge in [0.25, 0.3) is 0 Å². The Bertz CT molecular complexity index is 397. The molecular weight excluding hydrogens is 240 g/mol. The summed E-state index contributed by atoms with van der Waals surface area (Å²) in [5.41, 5.74) is 2.15. The lowest BCUT2D eigenvalue weighted by atomic mass is 10.1. The molecule has 19 heavy (non-hydrogen) atoms. The van der Waals surface area contributed by atoms with Gasteiger partial charge in [-0.05, 0) is 37.0 Å². The number of hydrogen-bond donors (Lipinski definition) is 2. The summed E-state index contributed by atoms with van der Waals surface area (Å²) >= 11 is 0. The zero-order valence-corrected chi connectivity index (χ0v) is 11.4. The molecule has 104 valence electrons. The third-order valence-corrected chi connectivity index (χ3v) is 3.30. The Morgan fingerprint density at radius 3 is 2.79 bits per heavy atom. The maximum absolute atomic E-state index is 11.7. The van der Waals surface area contributed by atoms with Crippen molar-refractivity contribution in [2.24, 2.45) is 0 Å². The van der Waals surface area contributed by atoms with Gasteiger partial charge in [-0.1, -0.05) is 25.5 Å². The molecule has 0 aliphatic carbocycles. The van der Waals surface area contributed by atoms with Crippen LogP contribution in [0.25, 0.3) is 0 Å². The molecule has 1 aromatic carbocycles. The van der Waals surface area contributed by atoms with Crippen molar-refractivity contribution in [3.8, 4) is 0 Å². The lowest BCUT2D eigenvalue weighted by Crippen LogP contribution is -2.38. The Morgan fingerprint density at radius 2 is 2.16 bits per heavy atom. The highest BCUT2D eigenvalue weighted by Crippen LogP contribution is 2.12. The van der Waals surface area contributed by atoms with Crippen molar-refractivity contribution in [1.29, 1.82) is 0 Å². The van der Waals surface area contributed by atoms with Crippen molar-refractivity contribution >= 4 is 11.7 Å². The van der Waals surface area contributed by atoms with Crippen LogP contribution in [0.4, 0.5) is 10.5 Å². The van der Waals surface area contributed by atoms with E-state index in [0.717, 1.165) is 25.1 Å². The zero-order chi connectivity index (χ0) is 13.5. The smallest absolute Gasteiger partial charge is 0.319 e. The summed E-state index contributed by atoms with van der Waals surface area (Å²) < 4.78 is 5.22. The van der Waals surface area contributed by atoms with Crippen molar-refractivity contribution < 1.29 is 9.53 Å². The lowest BCUT2D eigenvalue weighted by molar-refractivity contribution is 0.189. The summed E-state index contributed by atoms with van der Waals surface area (Å²) in [4.78, 5) is 11.7. The average Bonchev–Trinajstić information content (AvgIpc) is 2.90. The van der Waals surface area contributed by atoms with Gasteiger partial charge < -0.3 is 15.4 Å². The molecule has 0 spiro atoms. The van der Waals surface area contributed by atoms with E-state index in [1.165, 1.54) is 18.4 Å². The number of unbranched alkanes of at least 4 members (excludes halogenated alkanes) is 1. The largest absolute Gasteiger partial charge is 0.379 e. The number of amides is 2. The molecule has 0 aromatic heterocycles. The number of urea groups is 1. The van der Waals surface area contributed by atoms with Crippen molar-refractivity contribution in [2.75, 3.05) is 18.5 Å². The van der Waals surface area contributed by atoms with E-state index in [-0.39, 0.29) is 12.1 Å². The van der Waals surface area contributed by atoms with Crippen LogP contribution in [-0.2, 0) is 11.2 Å². The van der Waals surface area contributed by atoms with Crippen LogP contribution in [0.3, 0.4) is 0 Å². The van der Waals surface area contributed by atoms with Gasteiger partial charge in [-0.2, -0.15) is 0 Å². The van der Waals surface area contributed by atoms with Crippen LogP contribution in [0, 0.1) is 0 Å². The average molecular weight is 262 g/mol. The van der Waals surface area contributed by atoms with Gasteiger partial charge in [0.1, 0.15) is 0 Å². The standard InChI is InChI=1S/C15H22N2O2/c1-2-3-4-12-5-7-13(8-6-12)16-15(18)17-14-9-10-19-11-14/h5-8,14H,2-4,9-11H2,1H3,(H2,16,17,18). The molecular formula is C15H22N2O2. The number of anilines is 1. The molecule has 1 fully saturated rings. The molecule has 1 unspecified atom stereocenters. The monoisotopic (exact) mass is 262 g/mol. The summed E-state index contributed by atoms with van der Waals surface area (Å²) in [6, 6.07) is 8.04. The topological polar surface area (TPSA) is 50.4 Å². The van der Waals surface area contributed by atoms with E-state index in [1.807, 2.05) is 12.1 Å². The summed E-state index contributed by atoms with van der Waals surface area (Å²) in [5.74, 6) is 0. The van der Waals surface area contributed by atoms with Gasteiger partial charge in [0.2, 0.25) is 0 Å². The van der Waals surface area contributed by atoms with Crippen molar-refractivity contribution in [3.63, 3.8) is 0 Å². The van der Waals surface area contributed by atoms with E-state index in [0.29, 0.717) is 6.61 Å². The van der Waals surface area contributed by atoms with Crippen LogP contribution in [-0.4, -0.2) is 25.3 Å². The Morgan fingerprint density at radius 1 is 1.37 bits per heavy atom. The Balaban J connectivity index is 1.79. The third-order valence-electron chi connectivity index (χ3n) is 3.30. The highest BCUT2D eigenvalue weighted by molar-refractivity contribution is 5.89. The van der Waals surface area contributed by atoms with Crippen LogP contribution in [0.1, 0.15) is 31.7 Å². The second kappa shape index (κ2) is 7.14. The number of hydrogen-bond acceptors (Lipinski definition) is 2. The predicted octanol–water partition coefficient (Wildman–Crippen LogP) is 2.94. The molecule has 1 aliphatic rings. The van der Waals surface area contributed by atoms with Gasteiger partial charge in [0, 0.05) is 12.3 Å². The number of rotatable bonds is 5. The molecule has 2 amide bonds. The summed E-state index contributed by atoms with van der Waals surface area (Å²) in [7, 11) is 0. The summed E-state index contributed by atoms with van der Waals surface area (Å²) in [5, 5.41) is 5.75. The van der Waals surface area contributed by atoms with Gasteiger partial charge in [-0.15, -0.1) is 0 Å². The summed E-state index contributed by atoms with van der Waals surface area (Å²) in [6.45, 7) is 3.54. The number of carbonyl (C=O) groups excluding carboxylic acids is 1. The zero-order valence-electron chi connectivity index (χ0n) is 11.4. The molecule has 2 rings (SSSR count). The maximum atomic E-state index is 11.7. The minimum atomic E-state index is -0.156. The Hall–Kier alpha value is -1.55. The van der Waals surface area contributed by atoms with E-state index in [4.69, 9.17) is 4.74 Å². The molecule has 1 atom stereocenters. The van der Waals surface area contributed by atoms with Gasteiger partial charge in [-0.25, -0.2) is 4.79 Å². The highest BCUT2D eigenvalue weighted by Gasteiger charge is 2.17. The molecule has 4 heteroatoms. The van der Waals surface area contributed by atoms with Crippen LogP contribution in [0.15, 0.2) is 24.3 Å². The second-order valence-corrected chi connectivity index (χ2v) is 4.96. The molecule has 0 radical (unpaired) electrons. The van der Waals surface area contributed by atoms with E-state index in [2.05, 4.69) is 29.7 Å². The van der Waals surface area contributed by atoms with Crippen LogP contribution >= 0.6 is 0 Å². The minimum Gasteiger partial charge on any atom is -0.379 e. The molecule has 0 saturated carbocycles. The third kappa shape index (κ3) is 4.56. The van der Waals surface area contributed by atoms with Crippen molar-refractivity contribution in [2.45, 2.75) is 38.6 Å². The second-order valence-electron chi connectivity index (χ2n) is 4.96. The van der Waals surface area contributed by atoms with E-state index >= 15 is 0 Å². The summed E-state index contributed by atoms with van der Waals surface area (Å²) in [6.07, 6.45) is 4.40. The minimum absolute atomic E-state index is 0.142. The first-order valence-corrected chi connectivity index (χ1v) is 7.02. The molecule has 1 heterocycles. The van der Waals surface area contributed by atoms with Crippen LogP contribution in [0.2, 0.25) is 0 Å². The van der Waals surface area contributed by atoms with Gasteiger partial charge >= 0.3 is 6.03 Å². The van der Waals surface area contributed by atoms with Crippen LogP contribution < -0.4 is 10.6 Å². The van der Waals surface area contributed by atoms with Crippen molar-refractivity contribution in [1.82, 2.24) is 5.32 Å². The predicted molar refractivity (Wildman–Crippen MR) is 76.4 cm³/mol. The number of ether oxygens (including phenoxy) is 1. The quantitative estimate of drug-likeness (QED) is 0.857. The number of benzene rings is 1. The van der Waals surface area contributed by atoms with Gasteiger partial charge in [-0.3, -0.25) is 0 Å². The fraction of sp³-hybridized carbons (Fsp3) is 0.533. The van der Waals surface area contributed by atoms with E-state index in [1.54, 1.807) is 0 Å². The molecule has 1 saturated heterocycles. The molecule has 2 N–H and O–H groups in total. The Kier molecular flexibility index (Phi) is 5.21. The molecule has 0 bridgehead atoms. The van der Waals surface area contributed by atoms with Gasteiger partial charge in [0.15, 0.2) is 0 Å².